The van der Waals surface area contributed by atoms with Crippen molar-refractivity contribution in [2.75, 3.05) is 0 Å². The summed E-state index contributed by atoms with van der Waals surface area (Å²) in [6.45, 7) is 6.28. The fourth-order valence-corrected chi connectivity index (χ4v) is 5.95. The Labute approximate surface area is 185 Å². The van der Waals surface area contributed by atoms with Crippen LogP contribution in [-0.4, -0.2) is 14.9 Å². The minimum absolute atomic E-state index is 0.198. The molecule has 0 aliphatic heterocycles. The van der Waals surface area contributed by atoms with Crippen LogP contribution in [0.1, 0.15) is 44.0 Å². The van der Waals surface area contributed by atoms with Crippen LogP contribution in [0.5, 0.6) is 0 Å². The standard InChI is InChI=1S/C26H25FN2OS/c1-17-12-23-18(14-28-29(23)20-10-8-19(27)9-11-20)13-25(17,2)16-26(3,30)22-15-31-24-7-5-4-6-21(22)24/h4-12,14-15,30H,13,16H2,1-3H3/t25-,26?/m0/s1. The lowest BCUT2D eigenvalue weighted by Gasteiger charge is -2.39. The molecule has 0 bridgehead atoms. The quantitative estimate of drug-likeness (QED) is 0.400. The van der Waals surface area contributed by atoms with Gasteiger partial charge in [0, 0.05) is 10.3 Å². The molecule has 158 valence electrons. The first kappa shape index (κ1) is 20.2. The molecule has 1 unspecified atom stereocenters. The molecule has 2 aromatic heterocycles. The number of halogens is 1. The molecule has 1 aliphatic carbocycles. The van der Waals surface area contributed by atoms with Crippen molar-refractivity contribution in [3.05, 3.63) is 88.3 Å². The van der Waals surface area contributed by atoms with Gasteiger partial charge in [0.1, 0.15) is 5.82 Å². The summed E-state index contributed by atoms with van der Waals surface area (Å²) in [5, 5.41) is 19.4. The van der Waals surface area contributed by atoms with E-state index in [4.69, 9.17) is 0 Å². The van der Waals surface area contributed by atoms with E-state index in [9.17, 15) is 9.50 Å². The summed E-state index contributed by atoms with van der Waals surface area (Å²) in [6.07, 6.45) is 5.47. The van der Waals surface area contributed by atoms with Crippen LogP contribution in [-0.2, 0) is 12.0 Å². The maximum Gasteiger partial charge on any atom is 0.123 e. The minimum atomic E-state index is -0.950. The third kappa shape index (κ3) is 3.42. The number of hydrogen-bond donors (Lipinski definition) is 1. The number of thiophene rings is 1. The van der Waals surface area contributed by atoms with Crippen LogP contribution in [0.15, 0.2) is 65.7 Å². The van der Waals surface area contributed by atoms with Gasteiger partial charge in [0.25, 0.3) is 0 Å². The summed E-state index contributed by atoms with van der Waals surface area (Å²) in [7, 11) is 0. The Morgan fingerprint density at radius 1 is 1.19 bits per heavy atom. The zero-order valence-electron chi connectivity index (χ0n) is 17.9. The van der Waals surface area contributed by atoms with Gasteiger partial charge in [0.05, 0.1) is 23.2 Å². The third-order valence-electron chi connectivity index (χ3n) is 6.64. The van der Waals surface area contributed by atoms with Gasteiger partial charge in [-0.1, -0.05) is 30.7 Å². The highest BCUT2D eigenvalue weighted by atomic mass is 32.1. The number of nitrogens with zero attached hydrogens (tertiary/aromatic N) is 2. The molecule has 0 radical (unpaired) electrons. The van der Waals surface area contributed by atoms with E-state index in [0.29, 0.717) is 6.42 Å². The zero-order chi connectivity index (χ0) is 21.8. The van der Waals surface area contributed by atoms with Crippen molar-refractivity contribution in [3.63, 3.8) is 0 Å². The van der Waals surface area contributed by atoms with Crippen LogP contribution in [0.2, 0.25) is 0 Å². The molecule has 3 nitrogen and oxygen atoms in total. The molecule has 5 heteroatoms. The van der Waals surface area contributed by atoms with Crippen LogP contribution in [0, 0.1) is 11.2 Å². The number of aliphatic hydroxyl groups is 1. The zero-order valence-corrected chi connectivity index (χ0v) is 18.7. The second-order valence-electron chi connectivity index (χ2n) is 9.10. The Hall–Kier alpha value is -2.76. The summed E-state index contributed by atoms with van der Waals surface area (Å²) in [4.78, 5) is 0. The van der Waals surface area contributed by atoms with Gasteiger partial charge in [-0.15, -0.1) is 11.3 Å². The predicted molar refractivity (Wildman–Crippen MR) is 125 cm³/mol. The summed E-state index contributed by atoms with van der Waals surface area (Å²) in [6, 6.07) is 14.6. The summed E-state index contributed by atoms with van der Waals surface area (Å²) in [5.74, 6) is -0.257. The largest absolute Gasteiger partial charge is 0.385 e. The molecule has 0 fully saturated rings. The van der Waals surface area contributed by atoms with Gasteiger partial charge >= 0.3 is 0 Å². The van der Waals surface area contributed by atoms with E-state index < -0.39 is 5.60 Å². The first-order valence-electron chi connectivity index (χ1n) is 10.5. The highest BCUT2D eigenvalue weighted by molar-refractivity contribution is 7.17. The van der Waals surface area contributed by atoms with Crippen molar-refractivity contribution < 1.29 is 9.50 Å². The van der Waals surface area contributed by atoms with Gasteiger partial charge in [-0.3, -0.25) is 0 Å². The molecule has 0 saturated carbocycles. The van der Waals surface area contributed by atoms with Gasteiger partial charge in [-0.2, -0.15) is 5.10 Å². The minimum Gasteiger partial charge on any atom is -0.385 e. The molecule has 5 rings (SSSR count). The highest BCUT2D eigenvalue weighted by Crippen LogP contribution is 2.48. The van der Waals surface area contributed by atoms with Crippen molar-refractivity contribution >= 4 is 27.5 Å². The van der Waals surface area contributed by atoms with Crippen molar-refractivity contribution in [2.45, 2.75) is 39.2 Å². The molecule has 0 spiro atoms. The van der Waals surface area contributed by atoms with Crippen molar-refractivity contribution in [2.24, 2.45) is 5.41 Å². The van der Waals surface area contributed by atoms with Crippen LogP contribution in [0.3, 0.4) is 0 Å². The smallest absolute Gasteiger partial charge is 0.123 e. The molecule has 1 N–H and O–H groups in total. The van der Waals surface area contributed by atoms with E-state index in [1.807, 2.05) is 29.9 Å². The molecular formula is C26H25FN2OS. The highest BCUT2D eigenvalue weighted by Gasteiger charge is 2.40. The molecule has 4 aromatic rings. The first-order valence-corrected chi connectivity index (χ1v) is 11.4. The van der Waals surface area contributed by atoms with Crippen LogP contribution in [0.4, 0.5) is 4.39 Å². The maximum atomic E-state index is 13.3. The predicted octanol–water partition coefficient (Wildman–Crippen LogP) is 6.49. The van der Waals surface area contributed by atoms with Gasteiger partial charge in [-0.05, 0) is 84.8 Å². The normalized spacial score (nSPS) is 20.4. The topological polar surface area (TPSA) is 38.0 Å². The molecular weight excluding hydrogens is 407 g/mol. The molecule has 2 aromatic carbocycles. The third-order valence-corrected chi connectivity index (χ3v) is 7.60. The Morgan fingerprint density at radius 3 is 2.71 bits per heavy atom. The SMILES string of the molecule is CC1=Cc2c(cnn2-c2ccc(F)cc2)C[C@@]1(C)CC(C)(O)c1csc2ccccc12. The summed E-state index contributed by atoms with van der Waals surface area (Å²) >= 11 is 1.68. The lowest BCUT2D eigenvalue weighted by Crippen LogP contribution is -2.34. The van der Waals surface area contributed by atoms with E-state index >= 15 is 0 Å². The molecule has 0 amide bonds. The number of allylic oxidation sites excluding steroid dienone is 1. The van der Waals surface area contributed by atoms with Crippen molar-refractivity contribution in [1.82, 2.24) is 9.78 Å². The van der Waals surface area contributed by atoms with E-state index in [1.165, 1.54) is 22.4 Å². The molecule has 2 heterocycles. The number of rotatable bonds is 4. The average molecular weight is 433 g/mol. The maximum absolute atomic E-state index is 13.3. The second kappa shape index (κ2) is 7.14. The number of benzene rings is 2. The molecule has 0 saturated heterocycles. The first-order chi connectivity index (χ1) is 14.8. The van der Waals surface area contributed by atoms with E-state index in [-0.39, 0.29) is 11.2 Å². The monoisotopic (exact) mass is 432 g/mol. The average Bonchev–Trinajstić information content (AvgIpc) is 3.33. The van der Waals surface area contributed by atoms with Crippen molar-refractivity contribution in [3.8, 4) is 5.69 Å². The van der Waals surface area contributed by atoms with Gasteiger partial charge in [-0.25, -0.2) is 9.07 Å². The Balaban J connectivity index is 1.49. The van der Waals surface area contributed by atoms with E-state index in [2.05, 4.69) is 42.5 Å². The van der Waals surface area contributed by atoms with Gasteiger partial charge < -0.3 is 5.11 Å². The van der Waals surface area contributed by atoms with Crippen LogP contribution in [0.25, 0.3) is 21.8 Å². The van der Waals surface area contributed by atoms with E-state index in [0.717, 1.165) is 34.3 Å². The van der Waals surface area contributed by atoms with Gasteiger partial charge in [0.15, 0.2) is 0 Å². The molecule has 1 aliphatic rings. The van der Waals surface area contributed by atoms with Crippen molar-refractivity contribution in [1.29, 1.82) is 0 Å². The van der Waals surface area contributed by atoms with E-state index in [1.54, 1.807) is 23.5 Å². The molecule has 2 atom stereocenters. The summed E-state index contributed by atoms with van der Waals surface area (Å²) in [5.41, 5.74) is 4.07. The fraction of sp³-hybridized carbons (Fsp3) is 0.269. The Bertz CT molecular complexity index is 1300. The van der Waals surface area contributed by atoms with Gasteiger partial charge in [0.2, 0.25) is 0 Å². The summed E-state index contributed by atoms with van der Waals surface area (Å²) < 4.78 is 16.4. The number of hydrogen-bond acceptors (Lipinski definition) is 3. The second-order valence-corrected chi connectivity index (χ2v) is 10.0. The Kier molecular flexibility index (Phi) is 4.65. The number of aromatic nitrogens is 2. The lowest BCUT2D eigenvalue weighted by molar-refractivity contribution is 0.0164. The molecule has 31 heavy (non-hydrogen) atoms. The lowest BCUT2D eigenvalue weighted by atomic mass is 9.67. The van der Waals surface area contributed by atoms with Crippen LogP contribution >= 0.6 is 11.3 Å². The van der Waals surface area contributed by atoms with Crippen LogP contribution < -0.4 is 0 Å². The Morgan fingerprint density at radius 2 is 1.94 bits per heavy atom. The number of fused-ring (bicyclic) bond motifs is 2. The fourth-order valence-electron chi connectivity index (χ4n) is 4.86.